The second kappa shape index (κ2) is 4.94. The molecule has 1 saturated heterocycles. The van der Waals surface area contributed by atoms with Crippen LogP contribution in [-0.4, -0.2) is 41.1 Å². The number of hydrogen-bond donors (Lipinski definition) is 1. The van der Waals surface area contributed by atoms with Gasteiger partial charge in [-0.25, -0.2) is 0 Å². The lowest BCUT2D eigenvalue weighted by molar-refractivity contribution is -0.0754. The molecule has 3 rings (SSSR count). The average Bonchev–Trinajstić information content (AvgIpc) is 2.84. The lowest BCUT2D eigenvalue weighted by atomic mass is 9.90. The van der Waals surface area contributed by atoms with Gasteiger partial charge in [0.1, 0.15) is 5.69 Å². The van der Waals surface area contributed by atoms with Crippen LogP contribution in [0, 0.1) is 0 Å². The molecule has 1 aromatic heterocycles. The molecule has 98 valence electrons. The van der Waals surface area contributed by atoms with Crippen LogP contribution in [0.5, 0.6) is 0 Å². The number of ether oxygens (including phenoxy) is 1. The summed E-state index contributed by atoms with van der Waals surface area (Å²) in [5, 5.41) is 0.576. The van der Waals surface area contributed by atoms with Crippen LogP contribution in [0.15, 0.2) is 12.3 Å². The number of carbonyl (C=O) groups excluding carboxylic acids is 1. The molecule has 1 saturated carbocycles. The molecule has 2 fully saturated rings. The van der Waals surface area contributed by atoms with Crippen molar-refractivity contribution in [3.05, 3.63) is 23.0 Å². The van der Waals surface area contributed by atoms with Gasteiger partial charge in [-0.1, -0.05) is 24.4 Å². The van der Waals surface area contributed by atoms with Crippen LogP contribution in [-0.2, 0) is 4.74 Å². The van der Waals surface area contributed by atoms with Gasteiger partial charge in [0.05, 0.1) is 23.8 Å². The molecule has 1 N–H and O–H groups in total. The molecule has 2 heterocycles. The van der Waals surface area contributed by atoms with E-state index in [1.54, 1.807) is 12.3 Å². The third kappa shape index (κ3) is 2.15. The summed E-state index contributed by atoms with van der Waals surface area (Å²) >= 11 is 5.85. The molecule has 4 nitrogen and oxygen atoms in total. The first kappa shape index (κ1) is 12.1. The Kier molecular flexibility index (Phi) is 3.31. The standard InChI is InChI=1S/C13H17ClN2O2/c14-9-7-10(15-8-9)13(17)16-5-6-18-12-4-2-1-3-11(12)16/h7-8,11-12,15H,1-6H2. The summed E-state index contributed by atoms with van der Waals surface area (Å²) in [4.78, 5) is 17.3. The van der Waals surface area contributed by atoms with E-state index in [0.29, 0.717) is 23.9 Å². The Hall–Kier alpha value is -1.00. The Labute approximate surface area is 111 Å². The van der Waals surface area contributed by atoms with E-state index in [1.165, 1.54) is 12.8 Å². The number of aromatic amines is 1. The maximum absolute atomic E-state index is 12.4. The SMILES string of the molecule is O=C(c1cc(Cl)c[nH]1)N1CCOC2CCCCC21. The number of rotatable bonds is 1. The highest BCUT2D eigenvalue weighted by Gasteiger charge is 2.37. The molecule has 0 spiro atoms. The van der Waals surface area contributed by atoms with E-state index in [9.17, 15) is 4.79 Å². The summed E-state index contributed by atoms with van der Waals surface area (Å²) in [5.74, 6) is 0.0436. The number of morpholine rings is 1. The van der Waals surface area contributed by atoms with Gasteiger partial charge in [0.25, 0.3) is 5.91 Å². The zero-order valence-corrected chi connectivity index (χ0v) is 10.9. The molecule has 1 aliphatic heterocycles. The van der Waals surface area contributed by atoms with E-state index < -0.39 is 0 Å². The largest absolute Gasteiger partial charge is 0.374 e. The van der Waals surface area contributed by atoms with Gasteiger partial charge in [-0.15, -0.1) is 0 Å². The summed E-state index contributed by atoms with van der Waals surface area (Å²) in [7, 11) is 0. The van der Waals surface area contributed by atoms with E-state index in [2.05, 4.69) is 4.98 Å². The maximum Gasteiger partial charge on any atom is 0.270 e. The van der Waals surface area contributed by atoms with Crippen molar-refractivity contribution in [3.8, 4) is 0 Å². The van der Waals surface area contributed by atoms with Crippen LogP contribution in [0.2, 0.25) is 5.02 Å². The highest BCUT2D eigenvalue weighted by Crippen LogP contribution is 2.29. The predicted molar refractivity (Wildman–Crippen MR) is 68.8 cm³/mol. The Morgan fingerprint density at radius 1 is 1.44 bits per heavy atom. The second-order valence-corrected chi connectivity index (χ2v) is 5.43. The van der Waals surface area contributed by atoms with Crippen molar-refractivity contribution in [2.45, 2.75) is 37.8 Å². The molecule has 1 aromatic rings. The fourth-order valence-corrected chi connectivity index (χ4v) is 3.16. The van der Waals surface area contributed by atoms with Crippen LogP contribution in [0.4, 0.5) is 0 Å². The van der Waals surface area contributed by atoms with Crippen molar-refractivity contribution >= 4 is 17.5 Å². The summed E-state index contributed by atoms with van der Waals surface area (Å²) in [5.41, 5.74) is 0.575. The van der Waals surface area contributed by atoms with E-state index in [4.69, 9.17) is 16.3 Å². The van der Waals surface area contributed by atoms with Crippen LogP contribution < -0.4 is 0 Å². The molecule has 2 aliphatic rings. The number of fused-ring (bicyclic) bond motifs is 1. The number of hydrogen-bond acceptors (Lipinski definition) is 2. The third-order valence-corrected chi connectivity index (χ3v) is 4.09. The van der Waals surface area contributed by atoms with Crippen LogP contribution in [0.1, 0.15) is 36.2 Å². The number of nitrogens with zero attached hydrogens (tertiary/aromatic N) is 1. The molecule has 1 aliphatic carbocycles. The van der Waals surface area contributed by atoms with Crippen LogP contribution >= 0.6 is 11.6 Å². The van der Waals surface area contributed by atoms with Crippen molar-refractivity contribution in [1.82, 2.24) is 9.88 Å². The van der Waals surface area contributed by atoms with Gasteiger partial charge in [-0.2, -0.15) is 0 Å². The molecule has 2 unspecified atom stereocenters. The van der Waals surface area contributed by atoms with E-state index in [0.717, 1.165) is 12.8 Å². The molecule has 2 atom stereocenters. The fourth-order valence-electron chi connectivity index (χ4n) is 2.99. The number of amides is 1. The van der Waals surface area contributed by atoms with Gasteiger partial charge < -0.3 is 14.6 Å². The molecule has 0 aromatic carbocycles. The van der Waals surface area contributed by atoms with Gasteiger partial charge in [0.15, 0.2) is 0 Å². The topological polar surface area (TPSA) is 45.3 Å². The van der Waals surface area contributed by atoms with Gasteiger partial charge in [-0.3, -0.25) is 4.79 Å². The molecule has 0 bridgehead atoms. The van der Waals surface area contributed by atoms with Gasteiger partial charge in [0, 0.05) is 12.7 Å². The van der Waals surface area contributed by atoms with Crippen molar-refractivity contribution in [2.75, 3.05) is 13.2 Å². The Morgan fingerprint density at radius 2 is 2.28 bits per heavy atom. The second-order valence-electron chi connectivity index (χ2n) is 4.99. The van der Waals surface area contributed by atoms with Gasteiger partial charge >= 0.3 is 0 Å². The Bertz CT molecular complexity index is 444. The van der Waals surface area contributed by atoms with E-state index >= 15 is 0 Å². The molecule has 1 amide bonds. The Balaban J connectivity index is 1.79. The van der Waals surface area contributed by atoms with Crippen LogP contribution in [0.25, 0.3) is 0 Å². The van der Waals surface area contributed by atoms with Crippen molar-refractivity contribution in [1.29, 1.82) is 0 Å². The first-order valence-corrected chi connectivity index (χ1v) is 6.90. The third-order valence-electron chi connectivity index (χ3n) is 3.87. The molecular weight excluding hydrogens is 252 g/mol. The predicted octanol–water partition coefficient (Wildman–Crippen LogP) is 2.45. The number of carbonyl (C=O) groups is 1. The zero-order chi connectivity index (χ0) is 12.5. The average molecular weight is 269 g/mol. The fraction of sp³-hybridized carbons (Fsp3) is 0.615. The summed E-state index contributed by atoms with van der Waals surface area (Å²) < 4.78 is 5.77. The van der Waals surface area contributed by atoms with Crippen LogP contribution in [0.3, 0.4) is 0 Å². The van der Waals surface area contributed by atoms with Crippen molar-refractivity contribution in [3.63, 3.8) is 0 Å². The molecular formula is C13H17ClN2O2. The maximum atomic E-state index is 12.4. The highest BCUT2D eigenvalue weighted by atomic mass is 35.5. The Morgan fingerprint density at radius 3 is 3.06 bits per heavy atom. The summed E-state index contributed by atoms with van der Waals surface area (Å²) in [6.07, 6.45) is 6.37. The minimum Gasteiger partial charge on any atom is -0.374 e. The van der Waals surface area contributed by atoms with Gasteiger partial charge in [-0.05, 0) is 18.9 Å². The number of nitrogens with one attached hydrogen (secondary N) is 1. The monoisotopic (exact) mass is 268 g/mol. The molecule has 18 heavy (non-hydrogen) atoms. The molecule has 0 radical (unpaired) electrons. The molecule has 5 heteroatoms. The lowest BCUT2D eigenvalue weighted by Gasteiger charge is -2.43. The highest BCUT2D eigenvalue weighted by molar-refractivity contribution is 6.30. The smallest absolute Gasteiger partial charge is 0.270 e. The number of halogens is 1. The zero-order valence-electron chi connectivity index (χ0n) is 10.2. The van der Waals surface area contributed by atoms with E-state index in [1.807, 2.05) is 4.90 Å². The quantitative estimate of drug-likeness (QED) is 0.850. The summed E-state index contributed by atoms with van der Waals surface area (Å²) in [6, 6.07) is 1.93. The minimum atomic E-state index is 0.0436. The van der Waals surface area contributed by atoms with Crippen molar-refractivity contribution < 1.29 is 9.53 Å². The summed E-state index contributed by atoms with van der Waals surface area (Å²) in [6.45, 7) is 1.32. The number of aromatic nitrogens is 1. The first-order chi connectivity index (χ1) is 8.75. The first-order valence-electron chi connectivity index (χ1n) is 6.52. The number of H-pyrrole nitrogens is 1. The minimum absolute atomic E-state index is 0.0436. The normalized spacial score (nSPS) is 27.9. The van der Waals surface area contributed by atoms with Crippen molar-refractivity contribution in [2.24, 2.45) is 0 Å². The van der Waals surface area contributed by atoms with E-state index in [-0.39, 0.29) is 18.1 Å². The van der Waals surface area contributed by atoms with Gasteiger partial charge in [0.2, 0.25) is 0 Å². The lowest BCUT2D eigenvalue weighted by Crippen LogP contribution is -2.54.